The van der Waals surface area contributed by atoms with Crippen LogP contribution in [0.2, 0.25) is 5.02 Å². The second-order valence-corrected chi connectivity index (χ2v) is 3.44. The van der Waals surface area contributed by atoms with E-state index in [0.717, 1.165) is 6.07 Å². The molecule has 0 aliphatic heterocycles. The van der Waals surface area contributed by atoms with Crippen LogP contribution in [-0.2, 0) is 9.53 Å². The molecule has 1 aromatic carbocycles. The van der Waals surface area contributed by atoms with Crippen molar-refractivity contribution in [2.75, 3.05) is 6.61 Å². The molecule has 0 saturated carbocycles. The van der Waals surface area contributed by atoms with E-state index in [4.69, 9.17) is 11.6 Å². The molecule has 0 heterocycles. The van der Waals surface area contributed by atoms with Crippen molar-refractivity contribution < 1.29 is 18.3 Å². The van der Waals surface area contributed by atoms with E-state index in [1.165, 1.54) is 6.07 Å². The summed E-state index contributed by atoms with van der Waals surface area (Å²) in [6, 6.07) is 2.35. The van der Waals surface area contributed by atoms with Gasteiger partial charge < -0.3 is 4.74 Å². The minimum absolute atomic E-state index is 0.166. The fourth-order valence-corrected chi connectivity index (χ4v) is 1.18. The van der Waals surface area contributed by atoms with Crippen LogP contribution in [0.4, 0.5) is 8.78 Å². The van der Waals surface area contributed by atoms with Crippen molar-refractivity contribution in [3.8, 4) is 0 Å². The van der Waals surface area contributed by atoms with E-state index in [1.54, 1.807) is 6.92 Å². The average molecular weight is 302 g/mol. The van der Waals surface area contributed by atoms with Gasteiger partial charge in [0.1, 0.15) is 10.8 Å². The maximum atomic E-state index is 12.6. The van der Waals surface area contributed by atoms with Gasteiger partial charge in [-0.2, -0.15) is 0 Å². The molecule has 0 aromatic heterocycles. The Hall–Kier alpha value is -0.680. The molecule has 0 spiro atoms. The Labute approximate surface area is 99.3 Å². The number of carbonyl (C=O) groups is 1. The molecule has 0 radical (unpaired) electrons. The summed E-state index contributed by atoms with van der Waals surface area (Å²) in [6.07, 6.45) is 0. The fraction of sp³-hybridized carbons (Fsp3) is 0.222. The summed E-state index contributed by atoms with van der Waals surface area (Å²) in [7, 11) is 0. The molecule has 0 fully saturated rings. The first-order valence-corrected chi connectivity index (χ1v) is 5.05. The van der Waals surface area contributed by atoms with E-state index >= 15 is 0 Å². The smallest absolute Gasteiger partial charge is 0.293 e. The SMILES string of the molecule is CCOC=O.Fc1ccc(Br)c(F)c1Cl. The molecule has 0 N–H and O–H groups in total. The van der Waals surface area contributed by atoms with Crippen molar-refractivity contribution in [3.63, 3.8) is 0 Å². The zero-order valence-electron chi connectivity index (χ0n) is 7.77. The van der Waals surface area contributed by atoms with Crippen molar-refractivity contribution in [3.05, 3.63) is 33.3 Å². The quantitative estimate of drug-likeness (QED) is 0.474. The van der Waals surface area contributed by atoms with E-state index < -0.39 is 16.7 Å². The summed E-state index contributed by atoms with van der Waals surface area (Å²) >= 11 is 8.06. The van der Waals surface area contributed by atoms with Gasteiger partial charge in [-0.05, 0) is 35.0 Å². The molecular weight excluding hydrogens is 293 g/mol. The van der Waals surface area contributed by atoms with Crippen LogP contribution in [-0.4, -0.2) is 13.1 Å². The zero-order valence-corrected chi connectivity index (χ0v) is 10.1. The molecule has 6 heteroatoms. The van der Waals surface area contributed by atoms with Crippen molar-refractivity contribution in [2.24, 2.45) is 0 Å². The lowest BCUT2D eigenvalue weighted by Crippen LogP contribution is -1.83. The van der Waals surface area contributed by atoms with Crippen molar-refractivity contribution >= 4 is 34.0 Å². The van der Waals surface area contributed by atoms with E-state index in [2.05, 4.69) is 20.7 Å². The van der Waals surface area contributed by atoms with Crippen LogP contribution in [0, 0.1) is 11.6 Å². The average Bonchev–Trinajstić information content (AvgIpc) is 2.23. The van der Waals surface area contributed by atoms with Gasteiger partial charge in [0.05, 0.1) is 11.1 Å². The molecule has 0 atom stereocenters. The van der Waals surface area contributed by atoms with Crippen molar-refractivity contribution in [2.45, 2.75) is 6.92 Å². The van der Waals surface area contributed by atoms with Crippen LogP contribution < -0.4 is 0 Å². The molecule has 0 aliphatic carbocycles. The molecule has 0 unspecified atom stereocenters. The summed E-state index contributed by atoms with van der Waals surface area (Å²) in [5.74, 6) is -1.51. The molecule has 15 heavy (non-hydrogen) atoms. The zero-order chi connectivity index (χ0) is 11.8. The van der Waals surface area contributed by atoms with Crippen LogP contribution in [0.3, 0.4) is 0 Å². The van der Waals surface area contributed by atoms with E-state index in [-0.39, 0.29) is 4.47 Å². The Morgan fingerprint density at radius 2 is 2.13 bits per heavy atom. The largest absolute Gasteiger partial charge is 0.468 e. The number of rotatable bonds is 2. The van der Waals surface area contributed by atoms with Crippen LogP contribution in [0.15, 0.2) is 16.6 Å². The van der Waals surface area contributed by atoms with Crippen molar-refractivity contribution in [1.82, 2.24) is 0 Å². The Bertz CT molecular complexity index is 307. The Morgan fingerprint density at radius 3 is 2.47 bits per heavy atom. The predicted octanol–water partition coefficient (Wildman–Crippen LogP) is 3.56. The monoisotopic (exact) mass is 300 g/mol. The predicted molar refractivity (Wildman–Crippen MR) is 56.8 cm³/mol. The second kappa shape index (κ2) is 7.59. The lowest BCUT2D eigenvalue weighted by molar-refractivity contribution is -0.128. The van der Waals surface area contributed by atoms with Crippen LogP contribution >= 0.6 is 27.5 Å². The van der Waals surface area contributed by atoms with Gasteiger partial charge >= 0.3 is 0 Å². The van der Waals surface area contributed by atoms with E-state index in [9.17, 15) is 13.6 Å². The molecule has 1 aromatic rings. The summed E-state index contributed by atoms with van der Waals surface area (Å²) < 4.78 is 29.3. The molecule has 0 aliphatic rings. The second-order valence-electron chi connectivity index (χ2n) is 2.21. The molecular formula is C9H8BrClF2O2. The fourth-order valence-electron chi connectivity index (χ4n) is 0.570. The first-order valence-electron chi connectivity index (χ1n) is 3.88. The molecule has 84 valence electrons. The summed E-state index contributed by atoms with van der Waals surface area (Å²) in [5, 5.41) is -0.477. The first-order chi connectivity index (χ1) is 7.04. The van der Waals surface area contributed by atoms with Gasteiger partial charge in [0.25, 0.3) is 6.47 Å². The minimum Gasteiger partial charge on any atom is -0.468 e. The highest BCUT2D eigenvalue weighted by Gasteiger charge is 2.08. The summed E-state index contributed by atoms with van der Waals surface area (Å²) in [5.41, 5.74) is 0. The third-order valence-electron chi connectivity index (χ3n) is 1.22. The lowest BCUT2D eigenvalue weighted by atomic mass is 10.3. The number of benzene rings is 1. The first kappa shape index (κ1) is 14.3. The van der Waals surface area contributed by atoms with Gasteiger partial charge in [-0.1, -0.05) is 11.6 Å². The summed E-state index contributed by atoms with van der Waals surface area (Å²) in [6.45, 7) is 2.66. The Morgan fingerprint density at radius 1 is 1.53 bits per heavy atom. The van der Waals surface area contributed by atoms with Crippen LogP contribution in [0.5, 0.6) is 0 Å². The van der Waals surface area contributed by atoms with E-state index in [1.807, 2.05) is 0 Å². The highest BCUT2D eigenvalue weighted by molar-refractivity contribution is 9.10. The number of halogens is 4. The Kier molecular flexibility index (Phi) is 7.25. The summed E-state index contributed by atoms with van der Waals surface area (Å²) in [4.78, 5) is 9.18. The maximum Gasteiger partial charge on any atom is 0.293 e. The lowest BCUT2D eigenvalue weighted by Gasteiger charge is -1.96. The molecule has 2 nitrogen and oxygen atoms in total. The topological polar surface area (TPSA) is 26.3 Å². The molecule has 1 rings (SSSR count). The van der Waals surface area contributed by atoms with Gasteiger partial charge in [0, 0.05) is 0 Å². The third-order valence-corrected chi connectivity index (χ3v) is 2.18. The highest BCUT2D eigenvalue weighted by atomic mass is 79.9. The van der Waals surface area contributed by atoms with E-state index in [0.29, 0.717) is 13.1 Å². The standard InChI is InChI=1S/C6H2BrClF2.C3H6O2/c7-3-1-2-4(9)5(8)6(3)10;1-2-5-3-4/h1-2H;3H,2H2,1H3. The highest BCUT2D eigenvalue weighted by Crippen LogP contribution is 2.25. The number of hydrogen-bond acceptors (Lipinski definition) is 2. The van der Waals surface area contributed by atoms with Crippen molar-refractivity contribution in [1.29, 1.82) is 0 Å². The molecule has 0 saturated heterocycles. The normalized spacial score (nSPS) is 8.87. The van der Waals surface area contributed by atoms with Gasteiger partial charge in [-0.25, -0.2) is 8.78 Å². The minimum atomic E-state index is -0.762. The van der Waals surface area contributed by atoms with Crippen LogP contribution in [0.25, 0.3) is 0 Å². The Balaban J connectivity index is 0.000000336. The van der Waals surface area contributed by atoms with Gasteiger partial charge in [-0.3, -0.25) is 4.79 Å². The van der Waals surface area contributed by atoms with Gasteiger partial charge in [0.15, 0.2) is 5.82 Å². The van der Waals surface area contributed by atoms with Gasteiger partial charge in [0.2, 0.25) is 0 Å². The maximum absolute atomic E-state index is 12.6. The van der Waals surface area contributed by atoms with Gasteiger partial charge in [-0.15, -0.1) is 0 Å². The number of ether oxygens (including phenoxy) is 1. The van der Waals surface area contributed by atoms with Crippen LogP contribution in [0.1, 0.15) is 6.92 Å². The molecule has 0 bridgehead atoms. The number of carbonyl (C=O) groups excluding carboxylic acids is 1. The third kappa shape index (κ3) is 5.09. The number of hydrogen-bond donors (Lipinski definition) is 0. The molecule has 0 amide bonds.